The summed E-state index contributed by atoms with van der Waals surface area (Å²) in [7, 11) is 0. The molecular weight excluding hydrogens is 316 g/mol. The summed E-state index contributed by atoms with van der Waals surface area (Å²) in [5.41, 5.74) is 0.567. The van der Waals surface area contributed by atoms with E-state index in [0.29, 0.717) is 5.56 Å². The molecule has 0 aromatic carbocycles. The minimum Gasteiger partial charge on any atom is -0.348 e. The molecule has 5 heteroatoms. The van der Waals surface area contributed by atoms with Gasteiger partial charge in [0, 0.05) is 22.9 Å². The zero-order valence-corrected chi connectivity index (χ0v) is 12.4. The van der Waals surface area contributed by atoms with Crippen molar-refractivity contribution in [3.63, 3.8) is 0 Å². The second kappa shape index (κ2) is 6.53. The highest BCUT2D eigenvalue weighted by molar-refractivity contribution is 9.10. The zero-order chi connectivity index (χ0) is 13.0. The molecule has 1 N–H and O–H groups in total. The van der Waals surface area contributed by atoms with E-state index >= 15 is 0 Å². The van der Waals surface area contributed by atoms with Crippen LogP contribution in [0.3, 0.4) is 0 Å². The van der Waals surface area contributed by atoms with Gasteiger partial charge in [0.2, 0.25) is 0 Å². The fourth-order valence-corrected chi connectivity index (χ4v) is 2.92. The van der Waals surface area contributed by atoms with Gasteiger partial charge >= 0.3 is 0 Å². The first-order valence-corrected chi connectivity index (χ1v) is 7.45. The van der Waals surface area contributed by atoms with Gasteiger partial charge in [0.15, 0.2) is 0 Å². The van der Waals surface area contributed by atoms with Gasteiger partial charge in [-0.05, 0) is 34.8 Å². The maximum absolute atomic E-state index is 12.1. The molecule has 0 spiro atoms. The van der Waals surface area contributed by atoms with Crippen molar-refractivity contribution < 1.29 is 4.79 Å². The van der Waals surface area contributed by atoms with Crippen LogP contribution in [0, 0.1) is 0 Å². The Balaban J connectivity index is 2.01. The average molecular weight is 332 g/mol. The number of carbonyl (C=O) groups excluding carboxylic acids is 1. The van der Waals surface area contributed by atoms with Crippen LogP contribution in [0.2, 0.25) is 0 Å². The second-order valence-corrected chi connectivity index (χ2v) is 6.10. The van der Waals surface area contributed by atoms with Crippen LogP contribution in [0.25, 0.3) is 0 Å². The molecule has 3 nitrogen and oxygen atoms in total. The van der Waals surface area contributed by atoms with E-state index in [0.717, 1.165) is 30.2 Å². The van der Waals surface area contributed by atoms with Gasteiger partial charge in [0.25, 0.3) is 5.91 Å². The predicted octanol–water partition coefficient (Wildman–Crippen LogP) is 3.51. The van der Waals surface area contributed by atoms with Crippen LogP contribution in [-0.2, 0) is 0 Å². The highest BCUT2D eigenvalue weighted by atomic mass is 79.9. The number of amides is 1. The van der Waals surface area contributed by atoms with Gasteiger partial charge in [-0.1, -0.05) is 19.3 Å². The third-order valence-corrected chi connectivity index (χ3v) is 4.17. The number of hydrogen-bond acceptors (Lipinski definition) is 2. The number of rotatable bonds is 2. The monoisotopic (exact) mass is 330 g/mol. The van der Waals surface area contributed by atoms with E-state index in [1.54, 1.807) is 18.5 Å². The van der Waals surface area contributed by atoms with Crippen LogP contribution < -0.4 is 5.32 Å². The number of hydrogen-bond donors (Lipinski definition) is 1. The molecule has 18 heavy (non-hydrogen) atoms. The molecule has 1 aromatic heterocycles. The third-order valence-electron chi connectivity index (χ3n) is 3.22. The van der Waals surface area contributed by atoms with Crippen molar-refractivity contribution in [2.24, 2.45) is 0 Å². The van der Waals surface area contributed by atoms with Crippen molar-refractivity contribution in [3.05, 3.63) is 28.5 Å². The standard InChI is InChI=1S/C13H16BrClN2O/c14-10-6-9(7-16-8-10)13(18)17-12-5-3-1-2-4-11(12)15/h6-8,11-12H,1-5H2,(H,17,18). The molecule has 1 saturated carbocycles. The van der Waals surface area contributed by atoms with Crippen LogP contribution in [-0.4, -0.2) is 22.3 Å². The third kappa shape index (κ3) is 3.69. The maximum atomic E-state index is 12.1. The Bertz CT molecular complexity index is 427. The number of alkyl halides is 1. The molecule has 1 aliphatic carbocycles. The summed E-state index contributed by atoms with van der Waals surface area (Å²) in [6.07, 6.45) is 8.65. The van der Waals surface area contributed by atoms with Crippen molar-refractivity contribution in [2.75, 3.05) is 0 Å². The minimum absolute atomic E-state index is 0.0385. The largest absolute Gasteiger partial charge is 0.348 e. The Kier molecular flexibility index (Phi) is 5.01. The Hall–Kier alpha value is -0.610. The number of halogens is 2. The molecule has 2 rings (SSSR count). The van der Waals surface area contributed by atoms with E-state index in [2.05, 4.69) is 26.2 Å². The van der Waals surface area contributed by atoms with Crippen LogP contribution in [0.15, 0.2) is 22.9 Å². The maximum Gasteiger partial charge on any atom is 0.253 e. The first kappa shape index (κ1) is 13.8. The number of carbonyl (C=O) groups is 1. The molecule has 2 unspecified atom stereocenters. The van der Waals surface area contributed by atoms with Crippen LogP contribution in [0.5, 0.6) is 0 Å². The highest BCUT2D eigenvalue weighted by Crippen LogP contribution is 2.22. The smallest absolute Gasteiger partial charge is 0.253 e. The number of nitrogens with zero attached hydrogens (tertiary/aromatic N) is 1. The molecule has 2 atom stereocenters. The quantitative estimate of drug-likeness (QED) is 0.665. The van der Waals surface area contributed by atoms with Crippen molar-refractivity contribution in [2.45, 2.75) is 43.5 Å². The number of aromatic nitrogens is 1. The molecule has 98 valence electrons. The van der Waals surface area contributed by atoms with Crippen molar-refractivity contribution in [1.82, 2.24) is 10.3 Å². The van der Waals surface area contributed by atoms with Crippen molar-refractivity contribution in [3.8, 4) is 0 Å². The minimum atomic E-state index is -0.0960. The molecule has 1 aromatic rings. The van der Waals surface area contributed by atoms with Crippen LogP contribution >= 0.6 is 27.5 Å². The molecule has 1 amide bonds. The van der Waals surface area contributed by atoms with Gasteiger partial charge in [0.1, 0.15) is 0 Å². The lowest BCUT2D eigenvalue weighted by atomic mass is 10.1. The molecule has 0 radical (unpaired) electrons. The van der Waals surface area contributed by atoms with Gasteiger partial charge < -0.3 is 5.32 Å². The summed E-state index contributed by atoms with van der Waals surface area (Å²) >= 11 is 9.62. The summed E-state index contributed by atoms with van der Waals surface area (Å²) in [6, 6.07) is 1.84. The van der Waals surface area contributed by atoms with E-state index < -0.39 is 0 Å². The average Bonchev–Trinajstić information content (AvgIpc) is 2.55. The van der Waals surface area contributed by atoms with Gasteiger partial charge in [0.05, 0.1) is 10.9 Å². The summed E-state index contributed by atoms with van der Waals surface area (Å²) in [5.74, 6) is -0.0960. The van der Waals surface area contributed by atoms with Gasteiger partial charge in [-0.15, -0.1) is 11.6 Å². The van der Waals surface area contributed by atoms with Crippen molar-refractivity contribution >= 4 is 33.4 Å². The van der Waals surface area contributed by atoms with Crippen LogP contribution in [0.1, 0.15) is 42.5 Å². The lowest BCUT2D eigenvalue weighted by Crippen LogP contribution is -2.40. The summed E-state index contributed by atoms with van der Waals surface area (Å²) in [4.78, 5) is 16.1. The fourth-order valence-electron chi connectivity index (χ4n) is 2.21. The van der Waals surface area contributed by atoms with Gasteiger partial charge in [-0.2, -0.15) is 0 Å². The highest BCUT2D eigenvalue weighted by Gasteiger charge is 2.23. The number of pyridine rings is 1. The molecule has 1 heterocycles. The van der Waals surface area contributed by atoms with E-state index in [4.69, 9.17) is 11.6 Å². The van der Waals surface area contributed by atoms with Gasteiger partial charge in [-0.3, -0.25) is 9.78 Å². The summed E-state index contributed by atoms with van der Waals surface area (Å²) < 4.78 is 0.804. The lowest BCUT2D eigenvalue weighted by Gasteiger charge is -2.21. The Morgan fingerprint density at radius 3 is 2.89 bits per heavy atom. The van der Waals surface area contributed by atoms with E-state index in [1.165, 1.54) is 6.42 Å². The summed E-state index contributed by atoms with van der Waals surface area (Å²) in [6.45, 7) is 0. The SMILES string of the molecule is O=C(NC1CCCCCC1Cl)c1cncc(Br)c1. The van der Waals surface area contributed by atoms with E-state index in [1.807, 2.05) is 0 Å². The predicted molar refractivity (Wildman–Crippen MR) is 75.9 cm³/mol. The molecule has 1 fully saturated rings. The normalized spacial score (nSPS) is 24.3. The fraction of sp³-hybridized carbons (Fsp3) is 0.538. The molecule has 0 bridgehead atoms. The van der Waals surface area contributed by atoms with E-state index in [-0.39, 0.29) is 17.3 Å². The Morgan fingerprint density at radius 2 is 2.11 bits per heavy atom. The Morgan fingerprint density at radius 1 is 1.33 bits per heavy atom. The van der Waals surface area contributed by atoms with E-state index in [9.17, 15) is 4.79 Å². The molecule has 1 aliphatic rings. The Labute approximate surface area is 120 Å². The summed E-state index contributed by atoms with van der Waals surface area (Å²) in [5, 5.41) is 3.06. The number of nitrogens with one attached hydrogen (secondary N) is 1. The molecule has 0 aliphatic heterocycles. The first-order chi connectivity index (χ1) is 8.66. The second-order valence-electron chi connectivity index (χ2n) is 4.63. The molecular formula is C13H16BrClN2O. The van der Waals surface area contributed by atoms with Crippen molar-refractivity contribution in [1.29, 1.82) is 0 Å². The van der Waals surface area contributed by atoms with Crippen LogP contribution in [0.4, 0.5) is 0 Å². The lowest BCUT2D eigenvalue weighted by molar-refractivity contribution is 0.0933. The molecule has 0 saturated heterocycles. The van der Waals surface area contributed by atoms with Gasteiger partial charge in [-0.25, -0.2) is 0 Å². The first-order valence-electron chi connectivity index (χ1n) is 6.22. The topological polar surface area (TPSA) is 42.0 Å². The zero-order valence-electron chi connectivity index (χ0n) is 10.0.